The Labute approximate surface area is 171 Å². The lowest BCUT2D eigenvalue weighted by atomic mass is 9.88. The van der Waals surface area contributed by atoms with Gasteiger partial charge in [0.1, 0.15) is 12.6 Å². The number of Topliss-reactive ketones (excluding diaryl/α,β-unsaturated/α-hetero) is 1. The Balaban J connectivity index is 1.56. The molecule has 2 amide bonds. The zero-order valence-electron chi connectivity index (χ0n) is 16.8. The maximum Gasteiger partial charge on any atom is 0.318 e. The van der Waals surface area contributed by atoms with Crippen LogP contribution in [-0.2, 0) is 4.79 Å². The Morgan fingerprint density at radius 1 is 1.07 bits per heavy atom. The summed E-state index contributed by atoms with van der Waals surface area (Å²) in [6.07, 6.45) is 1.74. The number of aliphatic hydroxyl groups is 1. The highest BCUT2D eigenvalue weighted by atomic mass is 16.3. The van der Waals surface area contributed by atoms with Gasteiger partial charge in [-0.2, -0.15) is 0 Å². The zero-order valence-corrected chi connectivity index (χ0v) is 16.8. The quantitative estimate of drug-likeness (QED) is 0.700. The zero-order chi connectivity index (χ0) is 20.8. The molecule has 154 valence electrons. The number of aliphatic hydroxyl groups excluding tert-OH is 1. The van der Waals surface area contributed by atoms with Crippen LogP contribution in [0, 0.1) is 0 Å². The molecule has 3 rings (SSSR count). The third-order valence-electron chi connectivity index (χ3n) is 5.58. The lowest BCUT2D eigenvalue weighted by Gasteiger charge is -2.33. The van der Waals surface area contributed by atoms with Gasteiger partial charge in [-0.15, -0.1) is 0 Å². The van der Waals surface area contributed by atoms with E-state index in [0.29, 0.717) is 19.0 Å². The van der Waals surface area contributed by atoms with Crippen molar-refractivity contribution in [1.29, 1.82) is 0 Å². The third kappa shape index (κ3) is 5.22. The normalized spacial score (nSPS) is 16.9. The Morgan fingerprint density at radius 2 is 1.66 bits per heavy atom. The van der Waals surface area contributed by atoms with Crippen LogP contribution < -0.4 is 11.1 Å². The number of likely N-dealkylation sites (tertiary alicyclic amines) is 1. The van der Waals surface area contributed by atoms with Crippen LogP contribution in [0.25, 0.3) is 11.1 Å². The second kappa shape index (κ2) is 9.67. The molecule has 6 nitrogen and oxygen atoms in total. The van der Waals surface area contributed by atoms with Crippen LogP contribution in [0.1, 0.15) is 31.2 Å². The molecule has 1 saturated heterocycles. The van der Waals surface area contributed by atoms with Gasteiger partial charge >= 0.3 is 6.03 Å². The summed E-state index contributed by atoms with van der Waals surface area (Å²) in [7, 11) is 0. The lowest BCUT2D eigenvalue weighted by Crippen LogP contribution is -2.56. The minimum absolute atomic E-state index is 0.299. The van der Waals surface area contributed by atoms with Gasteiger partial charge in [-0.05, 0) is 42.4 Å². The molecule has 0 radical (unpaired) electrons. The van der Waals surface area contributed by atoms with Crippen molar-refractivity contribution in [3.8, 4) is 11.1 Å². The number of nitrogens with zero attached hydrogens (tertiary/aromatic N) is 1. The fourth-order valence-electron chi connectivity index (χ4n) is 3.82. The van der Waals surface area contributed by atoms with E-state index in [0.717, 1.165) is 12.8 Å². The van der Waals surface area contributed by atoms with Gasteiger partial charge < -0.3 is 21.1 Å². The van der Waals surface area contributed by atoms with E-state index >= 15 is 0 Å². The minimum Gasteiger partial charge on any atom is -0.388 e. The van der Waals surface area contributed by atoms with Crippen LogP contribution in [0.5, 0.6) is 0 Å². The Kier molecular flexibility index (Phi) is 7.01. The molecular weight excluding hydrogens is 366 g/mol. The van der Waals surface area contributed by atoms with Crippen LogP contribution in [0.3, 0.4) is 0 Å². The van der Waals surface area contributed by atoms with Crippen LogP contribution in [-0.4, -0.2) is 53.6 Å². The molecule has 0 saturated carbocycles. The first-order valence-electron chi connectivity index (χ1n) is 10.1. The molecule has 2 aromatic carbocycles. The lowest BCUT2D eigenvalue weighted by molar-refractivity contribution is -0.124. The SMILES string of the molecule is C[C@H](N)[C@H](NC(=O)N1CCC(c2ccc(-c3ccccc3)cc2)CC1)C(=O)CO. The number of hydrogen-bond donors (Lipinski definition) is 3. The van der Waals surface area contributed by atoms with E-state index in [1.165, 1.54) is 16.7 Å². The van der Waals surface area contributed by atoms with Crippen LogP contribution in [0.4, 0.5) is 4.79 Å². The smallest absolute Gasteiger partial charge is 0.318 e. The largest absolute Gasteiger partial charge is 0.388 e. The molecule has 0 aromatic heterocycles. The molecule has 2 atom stereocenters. The molecule has 1 fully saturated rings. The first-order valence-corrected chi connectivity index (χ1v) is 10.1. The first kappa shape index (κ1) is 21.0. The highest BCUT2D eigenvalue weighted by molar-refractivity contribution is 5.90. The van der Waals surface area contributed by atoms with Gasteiger partial charge in [0.2, 0.25) is 0 Å². The van der Waals surface area contributed by atoms with E-state index in [1.54, 1.807) is 11.8 Å². The Bertz CT molecular complexity index is 813. The Morgan fingerprint density at radius 3 is 2.21 bits per heavy atom. The topological polar surface area (TPSA) is 95.7 Å². The molecule has 0 aliphatic carbocycles. The van der Waals surface area contributed by atoms with E-state index in [9.17, 15) is 9.59 Å². The van der Waals surface area contributed by atoms with Crippen molar-refractivity contribution in [3.63, 3.8) is 0 Å². The molecule has 1 aliphatic rings. The molecule has 29 heavy (non-hydrogen) atoms. The van der Waals surface area contributed by atoms with Gasteiger partial charge in [0, 0.05) is 19.1 Å². The number of carbonyl (C=O) groups is 2. The maximum absolute atomic E-state index is 12.5. The van der Waals surface area contributed by atoms with E-state index in [2.05, 4.69) is 41.7 Å². The van der Waals surface area contributed by atoms with Gasteiger partial charge in [0.25, 0.3) is 0 Å². The molecule has 6 heteroatoms. The monoisotopic (exact) mass is 395 g/mol. The molecule has 4 N–H and O–H groups in total. The molecular formula is C23H29N3O3. The second-order valence-electron chi connectivity index (χ2n) is 7.66. The number of hydrogen-bond acceptors (Lipinski definition) is 4. The Hall–Kier alpha value is -2.70. The fourth-order valence-corrected chi connectivity index (χ4v) is 3.82. The maximum atomic E-state index is 12.5. The van der Waals surface area contributed by atoms with Crippen molar-refractivity contribution in [2.24, 2.45) is 5.73 Å². The van der Waals surface area contributed by atoms with Crippen LogP contribution >= 0.6 is 0 Å². The van der Waals surface area contributed by atoms with E-state index < -0.39 is 24.5 Å². The second-order valence-corrected chi connectivity index (χ2v) is 7.66. The molecule has 2 aromatic rings. The van der Waals surface area contributed by atoms with Crippen molar-refractivity contribution >= 4 is 11.8 Å². The third-order valence-corrected chi connectivity index (χ3v) is 5.58. The predicted molar refractivity (Wildman–Crippen MR) is 113 cm³/mol. The number of ketones is 1. The molecule has 0 unspecified atom stereocenters. The molecule has 0 spiro atoms. The average Bonchev–Trinajstić information content (AvgIpc) is 2.77. The molecule has 1 heterocycles. The van der Waals surface area contributed by atoms with Crippen molar-refractivity contribution in [2.45, 2.75) is 37.8 Å². The summed E-state index contributed by atoms with van der Waals surface area (Å²) >= 11 is 0. The number of nitrogens with one attached hydrogen (secondary N) is 1. The number of carbonyl (C=O) groups excluding carboxylic acids is 2. The predicted octanol–water partition coefficient (Wildman–Crippen LogP) is 2.52. The van der Waals surface area contributed by atoms with E-state index in [1.807, 2.05) is 18.2 Å². The summed E-state index contributed by atoms with van der Waals surface area (Å²) < 4.78 is 0. The highest BCUT2D eigenvalue weighted by Crippen LogP contribution is 2.30. The molecule has 1 aliphatic heterocycles. The van der Waals surface area contributed by atoms with Crippen molar-refractivity contribution < 1.29 is 14.7 Å². The van der Waals surface area contributed by atoms with Gasteiger partial charge in [0.15, 0.2) is 5.78 Å². The number of benzene rings is 2. The average molecular weight is 396 g/mol. The van der Waals surface area contributed by atoms with Crippen molar-refractivity contribution in [3.05, 3.63) is 60.2 Å². The van der Waals surface area contributed by atoms with Gasteiger partial charge in [-0.25, -0.2) is 4.79 Å². The summed E-state index contributed by atoms with van der Waals surface area (Å²) in [5.74, 6) is -0.0612. The van der Waals surface area contributed by atoms with Crippen molar-refractivity contribution in [1.82, 2.24) is 10.2 Å². The minimum atomic E-state index is -0.865. The standard InChI is InChI=1S/C23H29N3O3/c1-16(24)22(21(28)15-27)25-23(29)26-13-11-20(12-14-26)19-9-7-18(8-10-19)17-5-3-2-4-6-17/h2-10,16,20,22,27H,11-15,24H2,1H3,(H,25,29)/t16-,22-/m0/s1. The van der Waals surface area contributed by atoms with Crippen molar-refractivity contribution in [2.75, 3.05) is 19.7 Å². The van der Waals surface area contributed by atoms with Crippen LogP contribution in [0.2, 0.25) is 0 Å². The number of nitrogens with two attached hydrogens (primary N) is 1. The van der Waals surface area contributed by atoms with E-state index in [-0.39, 0.29) is 6.03 Å². The number of urea groups is 1. The summed E-state index contributed by atoms with van der Waals surface area (Å²) in [5, 5.41) is 11.7. The number of amides is 2. The van der Waals surface area contributed by atoms with Crippen LogP contribution in [0.15, 0.2) is 54.6 Å². The summed E-state index contributed by atoms with van der Waals surface area (Å²) in [4.78, 5) is 26.0. The van der Waals surface area contributed by atoms with Gasteiger partial charge in [-0.1, -0.05) is 54.6 Å². The summed E-state index contributed by atoms with van der Waals surface area (Å²) in [6.45, 7) is 2.25. The van der Waals surface area contributed by atoms with E-state index in [4.69, 9.17) is 10.8 Å². The molecule has 0 bridgehead atoms. The van der Waals surface area contributed by atoms with Gasteiger partial charge in [0.05, 0.1) is 0 Å². The first-order chi connectivity index (χ1) is 14.0. The number of piperidine rings is 1. The summed E-state index contributed by atoms with van der Waals surface area (Å²) in [5.41, 5.74) is 9.46. The van der Waals surface area contributed by atoms with Gasteiger partial charge in [-0.3, -0.25) is 4.79 Å². The fraction of sp³-hybridized carbons (Fsp3) is 0.391. The number of rotatable bonds is 6. The summed E-state index contributed by atoms with van der Waals surface area (Å²) in [6, 6.07) is 17.2. The highest BCUT2D eigenvalue weighted by Gasteiger charge is 2.28.